The van der Waals surface area contributed by atoms with Gasteiger partial charge in [-0.2, -0.15) is 0 Å². The monoisotopic (exact) mass is 232 g/mol. The van der Waals surface area contributed by atoms with E-state index in [1.54, 1.807) is 11.5 Å². The second-order valence-corrected chi connectivity index (χ2v) is 12.9. The summed E-state index contributed by atoms with van der Waals surface area (Å²) in [6.07, 6.45) is 0. The number of halogens is 1. The maximum Gasteiger partial charge on any atom is 0.160 e. The summed E-state index contributed by atoms with van der Waals surface area (Å²) < 4.78 is 5.55. The van der Waals surface area contributed by atoms with Crippen LogP contribution in [0.25, 0.3) is 0 Å². The first-order chi connectivity index (χ1) is 5.97. The van der Waals surface area contributed by atoms with Crippen molar-refractivity contribution in [2.75, 3.05) is 0 Å². The normalized spacial score (nSPS) is 11.4. The van der Waals surface area contributed by atoms with E-state index in [-0.39, 0.29) is 0 Å². The highest BCUT2D eigenvalue weighted by atomic mass is 35.5. The average Bonchev–Trinajstić information content (AvgIpc) is 2.00. The summed E-state index contributed by atoms with van der Waals surface area (Å²) in [5, 5.41) is 0.716. The van der Waals surface area contributed by atoms with Crippen LogP contribution in [0.1, 0.15) is 0 Å². The Kier molecular flexibility index (Phi) is 3.70. The van der Waals surface area contributed by atoms with E-state index in [2.05, 4.69) is 19.6 Å². The molecule has 1 aromatic carbocycles. The summed E-state index contributed by atoms with van der Waals surface area (Å²) in [7, 11) is -1.21. The minimum atomic E-state index is -1.21. The summed E-state index contributed by atoms with van der Waals surface area (Å²) >= 11 is 7.39. The van der Waals surface area contributed by atoms with Crippen LogP contribution in [0, 0.1) is 0 Å². The molecule has 0 radical (unpaired) electrons. The molecule has 4 heteroatoms. The van der Waals surface area contributed by atoms with Crippen LogP contribution in [0.15, 0.2) is 24.3 Å². The zero-order valence-corrected chi connectivity index (χ0v) is 10.6. The maximum absolute atomic E-state index is 5.82. The first kappa shape index (κ1) is 11.0. The molecule has 0 bridgehead atoms. The molecule has 0 saturated heterocycles. The van der Waals surface area contributed by atoms with Crippen LogP contribution in [0.2, 0.25) is 24.7 Å². The molecule has 0 amide bonds. The first-order valence-electron chi connectivity index (χ1n) is 4.09. The van der Waals surface area contributed by atoms with Crippen molar-refractivity contribution in [1.82, 2.24) is 0 Å². The van der Waals surface area contributed by atoms with Crippen LogP contribution in [0.5, 0.6) is 5.75 Å². The van der Waals surface area contributed by atoms with E-state index in [0.717, 1.165) is 5.75 Å². The van der Waals surface area contributed by atoms with Crippen molar-refractivity contribution < 1.29 is 4.18 Å². The van der Waals surface area contributed by atoms with Gasteiger partial charge in [0, 0.05) is 22.6 Å². The predicted octanol–water partition coefficient (Wildman–Crippen LogP) is 4.20. The molecular weight excluding hydrogens is 220 g/mol. The Labute approximate surface area is 89.3 Å². The molecule has 0 atom stereocenters. The van der Waals surface area contributed by atoms with Crippen molar-refractivity contribution >= 4 is 30.3 Å². The lowest BCUT2D eigenvalue weighted by molar-refractivity contribution is 0.654. The van der Waals surface area contributed by atoms with Crippen molar-refractivity contribution in [3.8, 4) is 5.75 Å². The number of benzene rings is 1. The van der Waals surface area contributed by atoms with Crippen LogP contribution in [-0.2, 0) is 0 Å². The largest absolute Gasteiger partial charge is 0.433 e. The lowest BCUT2D eigenvalue weighted by Crippen LogP contribution is -2.15. The van der Waals surface area contributed by atoms with Crippen LogP contribution < -0.4 is 4.18 Å². The van der Waals surface area contributed by atoms with Crippen molar-refractivity contribution in [2.45, 2.75) is 19.6 Å². The van der Waals surface area contributed by atoms with E-state index in [4.69, 9.17) is 15.8 Å². The summed E-state index contributed by atoms with van der Waals surface area (Å²) in [5.74, 6) is 0.833. The maximum atomic E-state index is 5.82. The molecular formula is C9H13ClOSSi. The topological polar surface area (TPSA) is 9.23 Å². The standard InChI is InChI=1S/C9H13ClOSSi/c1-13(2,3)12-11-9-6-4-5-8(10)7-9/h4-7H,1-3H3. The van der Waals surface area contributed by atoms with E-state index in [0.29, 0.717) is 5.02 Å². The zero-order chi connectivity index (χ0) is 9.90. The second kappa shape index (κ2) is 4.40. The first-order valence-corrected chi connectivity index (χ1v) is 9.43. The molecule has 0 heterocycles. The van der Waals surface area contributed by atoms with Crippen LogP contribution in [0.4, 0.5) is 0 Å². The molecule has 0 fully saturated rings. The Morgan fingerprint density at radius 3 is 2.54 bits per heavy atom. The van der Waals surface area contributed by atoms with Crippen molar-refractivity contribution in [3.05, 3.63) is 29.3 Å². The fourth-order valence-electron chi connectivity index (χ4n) is 0.692. The van der Waals surface area contributed by atoms with Gasteiger partial charge in [0.2, 0.25) is 0 Å². The highest BCUT2D eigenvalue weighted by Crippen LogP contribution is 2.26. The molecule has 0 unspecified atom stereocenters. The van der Waals surface area contributed by atoms with Gasteiger partial charge in [0.1, 0.15) is 5.75 Å². The third-order valence-electron chi connectivity index (χ3n) is 1.18. The molecule has 0 aromatic heterocycles. The van der Waals surface area contributed by atoms with Gasteiger partial charge in [-0.3, -0.25) is 0 Å². The number of hydrogen-bond acceptors (Lipinski definition) is 2. The Hall–Kier alpha value is -0.123. The molecule has 72 valence electrons. The second-order valence-electron chi connectivity index (χ2n) is 3.74. The summed E-state index contributed by atoms with van der Waals surface area (Å²) in [4.78, 5) is 0. The highest BCUT2D eigenvalue weighted by Gasteiger charge is 2.16. The van der Waals surface area contributed by atoms with Gasteiger partial charge in [-0.15, -0.1) is 0 Å². The van der Waals surface area contributed by atoms with E-state index in [1.807, 2.05) is 24.3 Å². The average molecular weight is 233 g/mol. The molecule has 0 N–H and O–H groups in total. The fourth-order valence-corrected chi connectivity index (χ4v) is 2.36. The predicted molar refractivity (Wildman–Crippen MR) is 63.0 cm³/mol. The minimum Gasteiger partial charge on any atom is -0.433 e. The SMILES string of the molecule is C[Si](C)(C)SOc1cccc(Cl)c1. The third kappa shape index (κ3) is 4.60. The van der Waals surface area contributed by atoms with Gasteiger partial charge in [-0.1, -0.05) is 37.3 Å². The van der Waals surface area contributed by atoms with Gasteiger partial charge in [-0.25, -0.2) is 0 Å². The van der Waals surface area contributed by atoms with Gasteiger partial charge in [0.05, 0.1) is 0 Å². The van der Waals surface area contributed by atoms with Crippen molar-refractivity contribution in [2.24, 2.45) is 0 Å². The van der Waals surface area contributed by atoms with E-state index in [1.165, 1.54) is 0 Å². The van der Waals surface area contributed by atoms with Crippen LogP contribution in [-0.4, -0.2) is 7.22 Å². The summed E-state index contributed by atoms with van der Waals surface area (Å²) in [5.41, 5.74) is 0. The van der Waals surface area contributed by atoms with E-state index < -0.39 is 7.22 Å². The Morgan fingerprint density at radius 2 is 2.00 bits per heavy atom. The molecule has 1 nitrogen and oxygen atoms in total. The molecule has 0 aliphatic heterocycles. The minimum absolute atomic E-state index is 0.716. The van der Waals surface area contributed by atoms with Gasteiger partial charge in [0.15, 0.2) is 7.22 Å². The molecule has 0 spiro atoms. The lowest BCUT2D eigenvalue weighted by atomic mass is 10.3. The summed E-state index contributed by atoms with van der Waals surface area (Å²) in [6.45, 7) is 6.71. The van der Waals surface area contributed by atoms with Crippen molar-refractivity contribution in [3.63, 3.8) is 0 Å². The molecule has 0 aliphatic rings. The van der Waals surface area contributed by atoms with E-state index in [9.17, 15) is 0 Å². The van der Waals surface area contributed by atoms with Gasteiger partial charge >= 0.3 is 0 Å². The highest BCUT2D eigenvalue weighted by molar-refractivity contribution is 8.25. The van der Waals surface area contributed by atoms with Gasteiger partial charge in [-0.05, 0) is 12.1 Å². The fraction of sp³-hybridized carbons (Fsp3) is 0.333. The zero-order valence-electron chi connectivity index (χ0n) is 8.00. The van der Waals surface area contributed by atoms with Gasteiger partial charge in [0.25, 0.3) is 0 Å². The number of hydrogen-bond donors (Lipinski definition) is 0. The number of rotatable bonds is 3. The lowest BCUT2D eigenvalue weighted by Gasteiger charge is -2.14. The Balaban J connectivity index is 2.55. The van der Waals surface area contributed by atoms with Crippen molar-refractivity contribution in [1.29, 1.82) is 0 Å². The Morgan fingerprint density at radius 1 is 1.31 bits per heavy atom. The van der Waals surface area contributed by atoms with Gasteiger partial charge < -0.3 is 4.18 Å². The molecule has 1 rings (SSSR count). The Bertz CT molecular complexity index is 285. The molecule has 0 saturated carbocycles. The van der Waals surface area contributed by atoms with Crippen LogP contribution in [0.3, 0.4) is 0 Å². The molecule has 13 heavy (non-hydrogen) atoms. The van der Waals surface area contributed by atoms with E-state index >= 15 is 0 Å². The molecule has 1 aromatic rings. The van der Waals surface area contributed by atoms with Crippen LogP contribution >= 0.6 is 23.1 Å². The third-order valence-corrected chi connectivity index (χ3v) is 3.94. The molecule has 0 aliphatic carbocycles. The summed E-state index contributed by atoms with van der Waals surface area (Å²) in [6, 6.07) is 7.48. The quantitative estimate of drug-likeness (QED) is 0.571. The smallest absolute Gasteiger partial charge is 0.160 e.